The number of hydrogen-bond acceptors (Lipinski definition) is 14. The first kappa shape index (κ1) is 34.9. The normalized spacial score (nSPS) is 16.7. The van der Waals surface area contributed by atoms with Crippen molar-refractivity contribution in [3.05, 3.63) is 58.6 Å². The Bertz CT molecular complexity index is 1100. The molecule has 0 spiro atoms. The van der Waals surface area contributed by atoms with Crippen LogP contribution in [0.15, 0.2) is 48.5 Å². The quantitative estimate of drug-likeness (QED) is 0.302. The monoisotopic (exact) mass is 782 g/mol. The molecule has 2 N–H and O–H groups in total. The van der Waals surface area contributed by atoms with Crippen LogP contribution in [-0.2, 0) is 39.3 Å². The van der Waals surface area contributed by atoms with E-state index in [2.05, 4.69) is 9.05 Å². The predicted octanol–water partition coefficient (Wildman–Crippen LogP) is -1.08. The van der Waals surface area contributed by atoms with Crippen molar-refractivity contribution in [1.29, 1.82) is 0 Å². The Hall–Kier alpha value is -0.0917. The van der Waals surface area contributed by atoms with Crippen molar-refractivity contribution in [3.63, 3.8) is 0 Å². The average Bonchev–Trinajstić information content (AvgIpc) is 2.69. The van der Waals surface area contributed by atoms with Gasteiger partial charge in [0.25, 0.3) is 0 Å². The SMILES string of the molecule is O=P([O-])([O-])C(O)P(=O)([O-])Oc1ccccc1Cl.O=P([O-])([O-])C(O)P(=O)([O-])Oc1ccccc1Cl.[W+6]. The molecule has 4 unspecified atom stereocenters. The van der Waals surface area contributed by atoms with E-state index in [9.17, 15) is 47.6 Å². The molecule has 0 aliphatic heterocycles. The molecule has 14 nitrogen and oxygen atoms in total. The van der Waals surface area contributed by atoms with E-state index in [4.69, 9.17) is 33.4 Å². The molecule has 0 aliphatic rings. The van der Waals surface area contributed by atoms with E-state index in [0.717, 1.165) is 12.1 Å². The molecule has 0 saturated heterocycles. The van der Waals surface area contributed by atoms with E-state index >= 15 is 0 Å². The number of hydrogen-bond donors (Lipinski definition) is 2. The summed E-state index contributed by atoms with van der Waals surface area (Å²) in [5.74, 6) is -0.750. The number of aliphatic hydroxyl groups is 2. The maximum absolute atomic E-state index is 11.2. The zero-order chi connectivity index (χ0) is 26.5. The molecule has 0 fully saturated rings. The fourth-order valence-electron chi connectivity index (χ4n) is 1.75. The Kier molecular flexibility index (Phi) is 13.6. The summed E-state index contributed by atoms with van der Waals surface area (Å²) in [4.78, 5) is 64.0. The summed E-state index contributed by atoms with van der Waals surface area (Å²) in [6.07, 6.45) is 0. The third-order valence-electron chi connectivity index (χ3n) is 3.26. The number of aliphatic hydroxyl groups excluding tert-OH is 2. The van der Waals surface area contributed by atoms with Gasteiger partial charge in [0, 0.05) is 0 Å². The van der Waals surface area contributed by atoms with Crippen molar-refractivity contribution >= 4 is 53.6 Å². The van der Waals surface area contributed by atoms with Crippen molar-refractivity contribution in [3.8, 4) is 11.5 Å². The molecule has 35 heavy (non-hydrogen) atoms. The summed E-state index contributed by atoms with van der Waals surface area (Å²) < 4.78 is 51.8. The minimum atomic E-state index is -5.72. The maximum Gasteiger partial charge on any atom is 6.00 e. The van der Waals surface area contributed by atoms with Crippen LogP contribution in [0.25, 0.3) is 0 Å². The van der Waals surface area contributed by atoms with Crippen molar-refractivity contribution in [2.75, 3.05) is 0 Å². The molecule has 2 aromatic rings. The molecule has 0 radical (unpaired) electrons. The van der Waals surface area contributed by atoms with Gasteiger partial charge in [0.05, 0.1) is 10.0 Å². The summed E-state index contributed by atoms with van der Waals surface area (Å²) in [5, 5.41) is 17.4. The van der Waals surface area contributed by atoms with Crippen molar-refractivity contribution in [1.82, 2.24) is 0 Å². The molecule has 2 rings (SSSR count). The van der Waals surface area contributed by atoms with E-state index in [1.165, 1.54) is 36.4 Å². The van der Waals surface area contributed by atoms with Gasteiger partial charge in [-0.05, 0) is 39.5 Å². The Morgan fingerprint density at radius 3 is 1.11 bits per heavy atom. The van der Waals surface area contributed by atoms with Crippen LogP contribution in [-0.4, -0.2) is 21.4 Å². The largest absolute Gasteiger partial charge is 6.00 e. The molecule has 0 heterocycles. The minimum Gasteiger partial charge on any atom is -0.809 e. The molecule has 4 atom stereocenters. The average molecular weight is 783 g/mol. The van der Waals surface area contributed by atoms with Crippen LogP contribution >= 0.6 is 53.6 Å². The van der Waals surface area contributed by atoms with Crippen molar-refractivity contribution < 1.29 is 87.9 Å². The molecule has 0 amide bonds. The van der Waals surface area contributed by atoms with Gasteiger partial charge in [-0.3, -0.25) is 9.13 Å². The van der Waals surface area contributed by atoms with E-state index in [-0.39, 0.29) is 42.6 Å². The van der Waals surface area contributed by atoms with Crippen LogP contribution in [0.3, 0.4) is 0 Å². The molecular weight excluding hydrogens is 771 g/mol. The van der Waals surface area contributed by atoms with Crippen LogP contribution in [0.1, 0.15) is 0 Å². The second-order valence-corrected chi connectivity index (χ2v) is 14.2. The number of para-hydroxylation sites is 2. The van der Waals surface area contributed by atoms with Crippen molar-refractivity contribution in [2.45, 2.75) is 11.2 Å². The van der Waals surface area contributed by atoms with E-state index in [1.54, 1.807) is 0 Å². The van der Waals surface area contributed by atoms with Crippen LogP contribution in [0, 0.1) is 0 Å². The predicted molar refractivity (Wildman–Crippen MR) is 107 cm³/mol. The molecule has 2 aromatic carbocycles. The fourth-order valence-corrected chi connectivity index (χ4v) is 6.32. The van der Waals surface area contributed by atoms with Gasteiger partial charge in [-0.25, -0.2) is 0 Å². The van der Waals surface area contributed by atoms with Gasteiger partial charge < -0.3 is 57.8 Å². The summed E-state index contributed by atoms with van der Waals surface area (Å²) in [6, 6.07) is 10.6. The van der Waals surface area contributed by atoms with Crippen LogP contribution in [0.5, 0.6) is 11.5 Å². The Morgan fingerprint density at radius 2 is 0.886 bits per heavy atom. The van der Waals surface area contributed by atoms with E-state index < -0.39 is 41.6 Å². The second kappa shape index (κ2) is 13.6. The Morgan fingerprint density at radius 1 is 0.629 bits per heavy atom. The van der Waals surface area contributed by atoms with E-state index in [0.29, 0.717) is 0 Å². The molecule has 0 saturated carbocycles. The van der Waals surface area contributed by atoms with Gasteiger partial charge in [-0.1, -0.05) is 47.5 Å². The molecule has 0 aromatic heterocycles. The third-order valence-corrected chi connectivity index (χ3v) is 10.4. The molecule has 0 bridgehead atoms. The number of halogens is 2. The molecule has 0 aliphatic carbocycles. The standard InChI is InChI=1S/2C7H9ClO7P2.W/c2*8-5-3-1-2-4-6(5)15-17(13,14)7(9)16(10,11)12;/h2*1-4,7,9H,(H,13,14)(H2,10,11,12);/q;;+6/p-6. The zero-order valence-electron chi connectivity index (χ0n) is 16.5. The third kappa shape index (κ3) is 11.0. The first-order valence-electron chi connectivity index (χ1n) is 8.18. The Balaban J connectivity index is 0.000000642. The first-order chi connectivity index (χ1) is 15.3. The van der Waals surface area contributed by atoms with Gasteiger partial charge in [0.1, 0.15) is 11.5 Å². The van der Waals surface area contributed by atoms with Crippen LogP contribution in [0.4, 0.5) is 0 Å². The Labute approximate surface area is 222 Å². The van der Waals surface area contributed by atoms with Gasteiger partial charge in [-0.2, -0.15) is 0 Å². The minimum absolute atomic E-state index is 0. The van der Waals surface area contributed by atoms with Crippen LogP contribution < -0.4 is 38.4 Å². The fraction of sp³-hybridized carbons (Fsp3) is 0.143. The van der Waals surface area contributed by atoms with Crippen molar-refractivity contribution in [2.24, 2.45) is 0 Å². The van der Waals surface area contributed by atoms with Gasteiger partial charge in [-0.15, -0.1) is 0 Å². The maximum atomic E-state index is 11.2. The summed E-state index contributed by atoms with van der Waals surface area (Å²) in [5.41, 5.74) is -6.29. The molecular formula is C14H12Cl2O14P4W. The molecule has 21 heteroatoms. The summed E-state index contributed by atoms with van der Waals surface area (Å²) in [6.45, 7) is 0. The number of benzene rings is 2. The van der Waals surface area contributed by atoms with E-state index in [1.807, 2.05) is 0 Å². The van der Waals surface area contributed by atoms with Crippen LogP contribution in [0.2, 0.25) is 10.0 Å². The number of rotatable bonds is 8. The second-order valence-electron chi connectivity index (χ2n) is 5.90. The smallest absolute Gasteiger partial charge is 0.809 e. The molecule has 192 valence electrons. The zero-order valence-corrected chi connectivity index (χ0v) is 24.5. The van der Waals surface area contributed by atoms with Gasteiger partial charge >= 0.3 is 21.1 Å². The van der Waals surface area contributed by atoms with Gasteiger partial charge in [0.2, 0.25) is 15.2 Å². The van der Waals surface area contributed by atoms with Gasteiger partial charge in [0.15, 0.2) is 11.2 Å². The topological polar surface area (TPSA) is 266 Å². The summed E-state index contributed by atoms with van der Waals surface area (Å²) >= 11 is 11.1. The first-order valence-corrected chi connectivity index (χ1v) is 15.4. The summed E-state index contributed by atoms with van der Waals surface area (Å²) in [7, 11) is -22.1.